The molecule has 8 nitrogen and oxygen atoms in total. The molecular weight excluding hydrogens is 468 g/mol. The standard InChI is InChI=1S/C29H34N4O4/c1-32-11-9-21(10-12-32)37-22-8-7-19-16-33(17-20(19)13-22)29(36)24-14-23-25(15-26(24)34)30-31-27(23)28(35)18-5-3-2-4-6-18/h7-8,13-15,18,21,34H,2-6,9-12,16-17H2,1H3,(H,30,31). The summed E-state index contributed by atoms with van der Waals surface area (Å²) < 4.78 is 6.24. The molecule has 3 aromatic rings. The van der Waals surface area contributed by atoms with Gasteiger partial charge in [-0.05, 0) is 62.1 Å². The summed E-state index contributed by atoms with van der Waals surface area (Å²) in [6, 6.07) is 9.20. The van der Waals surface area contributed by atoms with Crippen molar-refractivity contribution in [2.75, 3.05) is 20.1 Å². The number of benzene rings is 2. The van der Waals surface area contributed by atoms with Crippen molar-refractivity contribution < 1.29 is 19.4 Å². The molecule has 6 rings (SSSR count). The zero-order chi connectivity index (χ0) is 25.5. The minimum atomic E-state index is -0.259. The van der Waals surface area contributed by atoms with E-state index in [1.807, 2.05) is 18.2 Å². The van der Waals surface area contributed by atoms with Gasteiger partial charge in [-0.1, -0.05) is 25.3 Å². The van der Waals surface area contributed by atoms with Crippen LogP contribution < -0.4 is 4.74 Å². The number of piperidine rings is 1. The first-order valence-electron chi connectivity index (χ1n) is 13.5. The number of nitrogens with zero attached hydrogens (tertiary/aromatic N) is 3. The Bertz CT molecular complexity index is 1340. The van der Waals surface area contributed by atoms with E-state index in [4.69, 9.17) is 4.74 Å². The predicted molar refractivity (Wildman–Crippen MR) is 140 cm³/mol. The van der Waals surface area contributed by atoms with Crippen LogP contribution >= 0.6 is 0 Å². The maximum absolute atomic E-state index is 13.5. The Morgan fingerprint density at radius 3 is 2.54 bits per heavy atom. The Morgan fingerprint density at radius 2 is 1.76 bits per heavy atom. The van der Waals surface area contributed by atoms with E-state index in [0.717, 1.165) is 68.5 Å². The first kappa shape index (κ1) is 24.0. The first-order chi connectivity index (χ1) is 18.0. The summed E-state index contributed by atoms with van der Waals surface area (Å²) in [5, 5.41) is 18.4. The van der Waals surface area contributed by atoms with Crippen LogP contribution in [0.4, 0.5) is 0 Å². The second-order valence-electron chi connectivity index (χ2n) is 10.9. The zero-order valence-electron chi connectivity index (χ0n) is 21.3. The number of ether oxygens (including phenoxy) is 1. The molecule has 1 saturated heterocycles. The summed E-state index contributed by atoms with van der Waals surface area (Å²) in [6.07, 6.45) is 7.30. The fourth-order valence-electron chi connectivity index (χ4n) is 6.02. The normalized spacial score (nSPS) is 19.3. The maximum atomic E-state index is 13.5. The molecule has 0 atom stereocenters. The Morgan fingerprint density at radius 1 is 1.00 bits per heavy atom. The molecule has 2 fully saturated rings. The molecule has 2 aliphatic heterocycles. The largest absolute Gasteiger partial charge is 0.507 e. The summed E-state index contributed by atoms with van der Waals surface area (Å²) in [6.45, 7) is 3.00. The fourth-order valence-corrected chi connectivity index (χ4v) is 6.02. The highest BCUT2D eigenvalue weighted by atomic mass is 16.5. The van der Waals surface area contributed by atoms with Gasteiger partial charge in [0.05, 0.1) is 11.1 Å². The molecule has 0 spiro atoms. The third-order valence-corrected chi connectivity index (χ3v) is 8.27. The topological polar surface area (TPSA) is 98.8 Å². The monoisotopic (exact) mass is 502 g/mol. The first-order valence-corrected chi connectivity index (χ1v) is 13.5. The third kappa shape index (κ3) is 4.70. The fraction of sp³-hybridized carbons (Fsp3) is 0.483. The maximum Gasteiger partial charge on any atom is 0.258 e. The summed E-state index contributed by atoms with van der Waals surface area (Å²) >= 11 is 0. The van der Waals surface area contributed by atoms with Crippen molar-refractivity contribution in [2.24, 2.45) is 5.92 Å². The van der Waals surface area contributed by atoms with Crippen molar-refractivity contribution in [1.29, 1.82) is 0 Å². The Balaban J connectivity index is 1.20. The van der Waals surface area contributed by atoms with E-state index in [-0.39, 0.29) is 35.0 Å². The van der Waals surface area contributed by atoms with Gasteiger partial charge in [-0.25, -0.2) is 0 Å². The molecule has 3 heterocycles. The van der Waals surface area contributed by atoms with Crippen molar-refractivity contribution in [2.45, 2.75) is 64.1 Å². The van der Waals surface area contributed by atoms with E-state index in [0.29, 0.717) is 29.7 Å². The number of carbonyl (C=O) groups excluding carboxylic acids is 2. The molecule has 2 aromatic carbocycles. The molecule has 0 radical (unpaired) electrons. The van der Waals surface area contributed by atoms with Crippen LogP contribution in [-0.4, -0.2) is 63.0 Å². The number of rotatable bonds is 5. The van der Waals surface area contributed by atoms with Crippen LogP contribution in [0.2, 0.25) is 0 Å². The van der Waals surface area contributed by atoms with Crippen LogP contribution in [-0.2, 0) is 13.1 Å². The molecule has 1 aromatic heterocycles. The van der Waals surface area contributed by atoms with Gasteiger partial charge >= 0.3 is 0 Å². The lowest BCUT2D eigenvalue weighted by atomic mass is 9.84. The zero-order valence-corrected chi connectivity index (χ0v) is 21.3. The highest BCUT2D eigenvalue weighted by molar-refractivity contribution is 6.10. The highest BCUT2D eigenvalue weighted by Gasteiger charge is 2.30. The molecule has 37 heavy (non-hydrogen) atoms. The van der Waals surface area contributed by atoms with Crippen LogP contribution in [0.25, 0.3) is 10.9 Å². The van der Waals surface area contributed by atoms with Crippen molar-refractivity contribution in [3.05, 3.63) is 52.7 Å². The number of phenols is 1. The molecule has 0 unspecified atom stereocenters. The van der Waals surface area contributed by atoms with Gasteiger partial charge in [0.2, 0.25) is 0 Å². The molecule has 194 valence electrons. The number of H-pyrrole nitrogens is 1. The van der Waals surface area contributed by atoms with Gasteiger partial charge in [-0.2, -0.15) is 5.10 Å². The third-order valence-electron chi connectivity index (χ3n) is 8.27. The number of hydrogen-bond acceptors (Lipinski definition) is 6. The van der Waals surface area contributed by atoms with Gasteiger partial charge in [0.15, 0.2) is 5.78 Å². The molecule has 2 N–H and O–H groups in total. The number of aromatic hydroxyl groups is 1. The van der Waals surface area contributed by atoms with Crippen molar-refractivity contribution in [3.8, 4) is 11.5 Å². The number of aromatic nitrogens is 2. The van der Waals surface area contributed by atoms with Crippen LogP contribution in [0.1, 0.15) is 76.9 Å². The number of phenolic OH excluding ortho intramolecular Hbond substituents is 1. The predicted octanol–water partition coefficient (Wildman–Crippen LogP) is 4.66. The Labute approximate surface area is 216 Å². The lowest BCUT2D eigenvalue weighted by molar-refractivity contribution is 0.0747. The highest BCUT2D eigenvalue weighted by Crippen LogP contribution is 2.34. The van der Waals surface area contributed by atoms with E-state index in [9.17, 15) is 14.7 Å². The molecule has 3 aliphatic rings. The Kier molecular flexibility index (Phi) is 6.36. The van der Waals surface area contributed by atoms with E-state index in [1.54, 1.807) is 11.0 Å². The van der Waals surface area contributed by atoms with E-state index in [2.05, 4.69) is 22.1 Å². The SMILES string of the molecule is CN1CCC(Oc2ccc3c(c2)CN(C(=O)c2cc4c(C(=O)C5CCCCC5)n[nH]c4cc2O)C3)CC1. The quantitative estimate of drug-likeness (QED) is 0.493. The molecule has 1 amide bonds. The van der Waals surface area contributed by atoms with Crippen molar-refractivity contribution in [3.63, 3.8) is 0 Å². The number of likely N-dealkylation sites (tertiary alicyclic amines) is 1. The van der Waals surface area contributed by atoms with Gasteiger partial charge in [0, 0.05) is 43.5 Å². The summed E-state index contributed by atoms with van der Waals surface area (Å²) in [4.78, 5) is 30.8. The van der Waals surface area contributed by atoms with Gasteiger partial charge in [-0.3, -0.25) is 14.7 Å². The average molecular weight is 503 g/mol. The number of ketones is 1. The van der Waals surface area contributed by atoms with Crippen molar-refractivity contribution in [1.82, 2.24) is 20.0 Å². The lowest BCUT2D eigenvalue weighted by Gasteiger charge is -2.29. The second kappa shape index (κ2) is 9.82. The second-order valence-corrected chi connectivity index (χ2v) is 10.9. The smallest absolute Gasteiger partial charge is 0.258 e. The molecule has 8 heteroatoms. The minimum absolute atomic E-state index is 0.0211. The van der Waals surface area contributed by atoms with E-state index < -0.39 is 0 Å². The number of aromatic amines is 1. The van der Waals surface area contributed by atoms with Gasteiger partial charge in [0.1, 0.15) is 23.3 Å². The number of nitrogens with one attached hydrogen (secondary N) is 1. The van der Waals surface area contributed by atoms with Crippen LogP contribution in [0, 0.1) is 5.92 Å². The number of hydrogen-bond donors (Lipinski definition) is 2. The van der Waals surface area contributed by atoms with Crippen LogP contribution in [0.3, 0.4) is 0 Å². The summed E-state index contributed by atoms with van der Waals surface area (Å²) in [7, 11) is 2.13. The average Bonchev–Trinajstić information content (AvgIpc) is 3.53. The van der Waals surface area contributed by atoms with Crippen LogP contribution in [0.5, 0.6) is 11.5 Å². The van der Waals surface area contributed by atoms with Gasteiger partial charge in [0.25, 0.3) is 5.91 Å². The molecular formula is C29H34N4O4. The Hall–Kier alpha value is -3.39. The minimum Gasteiger partial charge on any atom is -0.507 e. The number of amides is 1. The number of Topliss-reactive ketones (excluding diaryl/α,β-unsaturated/α-hetero) is 1. The van der Waals surface area contributed by atoms with Gasteiger partial charge in [-0.15, -0.1) is 0 Å². The van der Waals surface area contributed by atoms with E-state index in [1.165, 1.54) is 12.5 Å². The molecule has 1 saturated carbocycles. The lowest BCUT2D eigenvalue weighted by Crippen LogP contribution is -2.35. The number of carbonyl (C=O) groups is 2. The van der Waals surface area contributed by atoms with Crippen LogP contribution in [0.15, 0.2) is 30.3 Å². The summed E-state index contributed by atoms with van der Waals surface area (Å²) in [5.41, 5.74) is 3.28. The number of fused-ring (bicyclic) bond motifs is 2. The van der Waals surface area contributed by atoms with Gasteiger partial charge < -0.3 is 19.6 Å². The van der Waals surface area contributed by atoms with Crippen molar-refractivity contribution >= 4 is 22.6 Å². The molecule has 0 bridgehead atoms. The van der Waals surface area contributed by atoms with E-state index >= 15 is 0 Å². The molecule has 1 aliphatic carbocycles. The summed E-state index contributed by atoms with van der Waals surface area (Å²) in [5.74, 6) is 0.481.